The molecule has 2 saturated heterocycles. The molecule has 1 unspecified atom stereocenters. The summed E-state index contributed by atoms with van der Waals surface area (Å²) in [5.41, 5.74) is 1.32. The van der Waals surface area contributed by atoms with Crippen LogP contribution in [-0.2, 0) is 0 Å². The van der Waals surface area contributed by atoms with E-state index in [0.717, 1.165) is 45.6 Å². The van der Waals surface area contributed by atoms with E-state index in [1.165, 1.54) is 0 Å². The number of hydrogen-bond donors (Lipinski definition) is 1. The second kappa shape index (κ2) is 7.84. The van der Waals surface area contributed by atoms with Crippen molar-refractivity contribution in [3.05, 3.63) is 34.1 Å². The molecule has 150 valence electrons. The first kappa shape index (κ1) is 18.8. The third-order valence-electron chi connectivity index (χ3n) is 5.79. The van der Waals surface area contributed by atoms with Gasteiger partial charge in [-0.3, -0.25) is 15.0 Å². The highest BCUT2D eigenvalue weighted by atomic mass is 16.6. The monoisotopic (exact) mass is 386 g/mol. The third-order valence-corrected chi connectivity index (χ3v) is 5.79. The molecular formula is C19H26N6O3. The molecule has 0 bridgehead atoms. The van der Waals surface area contributed by atoms with Crippen LogP contribution in [-0.4, -0.2) is 59.7 Å². The summed E-state index contributed by atoms with van der Waals surface area (Å²) in [5, 5.41) is 19.1. The van der Waals surface area contributed by atoms with Crippen molar-refractivity contribution in [2.75, 3.05) is 44.7 Å². The predicted octanol–water partition coefficient (Wildman–Crippen LogP) is 2.46. The minimum Gasteiger partial charge on any atom is -0.366 e. The summed E-state index contributed by atoms with van der Waals surface area (Å²) in [6.07, 6.45) is 2.10. The number of piperazine rings is 1. The van der Waals surface area contributed by atoms with Crippen LogP contribution in [0.15, 0.2) is 22.7 Å². The van der Waals surface area contributed by atoms with Gasteiger partial charge in [-0.15, -0.1) is 0 Å². The van der Waals surface area contributed by atoms with E-state index in [9.17, 15) is 10.1 Å². The highest BCUT2D eigenvalue weighted by Gasteiger charge is 2.27. The highest BCUT2D eigenvalue weighted by molar-refractivity contribution is 5.71. The van der Waals surface area contributed by atoms with E-state index in [1.54, 1.807) is 6.07 Å². The van der Waals surface area contributed by atoms with E-state index in [4.69, 9.17) is 4.52 Å². The van der Waals surface area contributed by atoms with Gasteiger partial charge in [0.05, 0.1) is 11.0 Å². The molecule has 1 atom stereocenters. The van der Waals surface area contributed by atoms with Crippen LogP contribution in [0.4, 0.5) is 11.4 Å². The Morgan fingerprint density at radius 2 is 2.07 bits per heavy atom. The molecule has 0 saturated carbocycles. The Morgan fingerprint density at radius 3 is 2.79 bits per heavy atom. The van der Waals surface area contributed by atoms with Crippen LogP contribution in [0.1, 0.15) is 31.6 Å². The van der Waals surface area contributed by atoms with Gasteiger partial charge in [-0.2, -0.15) is 4.98 Å². The van der Waals surface area contributed by atoms with Gasteiger partial charge in [0.25, 0.3) is 11.6 Å². The van der Waals surface area contributed by atoms with Crippen molar-refractivity contribution in [3.8, 4) is 11.5 Å². The molecular weight excluding hydrogens is 360 g/mol. The second-order valence-electron chi connectivity index (χ2n) is 7.79. The van der Waals surface area contributed by atoms with Crippen LogP contribution in [0.5, 0.6) is 0 Å². The van der Waals surface area contributed by atoms with E-state index in [-0.39, 0.29) is 16.7 Å². The Hall–Kier alpha value is -2.52. The fourth-order valence-electron chi connectivity index (χ4n) is 3.90. The molecule has 0 aliphatic carbocycles. The molecule has 28 heavy (non-hydrogen) atoms. The fourth-order valence-corrected chi connectivity index (χ4v) is 3.90. The standard InChI is InChI=1S/C19H26N6O3/c1-13-5-8-24(9-6-13)15-4-3-14(11-16(15)25(26)27)19-21-18(22-28-19)17-12-20-7-10-23(17)2/h3-4,11,13,17,20H,5-10,12H2,1-2H3. The molecule has 2 aliphatic rings. The lowest BCUT2D eigenvalue weighted by atomic mass is 9.98. The first-order valence-corrected chi connectivity index (χ1v) is 9.81. The van der Waals surface area contributed by atoms with E-state index in [0.29, 0.717) is 28.9 Å². The van der Waals surface area contributed by atoms with Gasteiger partial charge in [0, 0.05) is 44.4 Å². The summed E-state index contributed by atoms with van der Waals surface area (Å²) in [6, 6.07) is 5.23. The normalized spacial score (nSPS) is 21.8. The Kier molecular flexibility index (Phi) is 5.27. The van der Waals surface area contributed by atoms with Crippen molar-refractivity contribution in [1.29, 1.82) is 0 Å². The van der Waals surface area contributed by atoms with E-state index in [1.807, 2.05) is 19.2 Å². The first-order valence-electron chi connectivity index (χ1n) is 9.81. The van der Waals surface area contributed by atoms with Crippen molar-refractivity contribution < 1.29 is 9.45 Å². The number of hydrogen-bond acceptors (Lipinski definition) is 8. The molecule has 0 radical (unpaired) electrons. The molecule has 9 nitrogen and oxygen atoms in total. The quantitative estimate of drug-likeness (QED) is 0.632. The summed E-state index contributed by atoms with van der Waals surface area (Å²) < 4.78 is 5.43. The zero-order valence-corrected chi connectivity index (χ0v) is 16.3. The summed E-state index contributed by atoms with van der Waals surface area (Å²) >= 11 is 0. The van der Waals surface area contributed by atoms with E-state index >= 15 is 0 Å². The average Bonchev–Trinajstić information content (AvgIpc) is 3.18. The number of nitro benzene ring substituents is 1. The van der Waals surface area contributed by atoms with Crippen molar-refractivity contribution in [2.24, 2.45) is 5.92 Å². The Labute approximate surface area is 163 Å². The largest absolute Gasteiger partial charge is 0.366 e. The van der Waals surface area contributed by atoms with Crippen molar-refractivity contribution in [3.63, 3.8) is 0 Å². The van der Waals surface area contributed by atoms with Crippen molar-refractivity contribution >= 4 is 11.4 Å². The maximum absolute atomic E-state index is 11.7. The molecule has 1 aromatic heterocycles. The van der Waals surface area contributed by atoms with Gasteiger partial charge in [0.15, 0.2) is 5.82 Å². The second-order valence-corrected chi connectivity index (χ2v) is 7.79. The zero-order valence-electron chi connectivity index (χ0n) is 16.3. The number of aromatic nitrogens is 2. The molecule has 2 aromatic rings. The van der Waals surface area contributed by atoms with Gasteiger partial charge in [0.1, 0.15) is 5.69 Å². The predicted molar refractivity (Wildman–Crippen MR) is 105 cm³/mol. The van der Waals surface area contributed by atoms with Crippen molar-refractivity contribution in [1.82, 2.24) is 20.4 Å². The first-order chi connectivity index (χ1) is 13.5. The van der Waals surface area contributed by atoms with E-state index in [2.05, 4.69) is 32.2 Å². The van der Waals surface area contributed by atoms with Gasteiger partial charge in [0.2, 0.25) is 0 Å². The number of nitrogens with zero attached hydrogens (tertiary/aromatic N) is 5. The fraction of sp³-hybridized carbons (Fsp3) is 0.579. The SMILES string of the molecule is CC1CCN(c2ccc(-c3nc(C4CNCCN4C)no3)cc2[N+](=O)[O-])CC1. The number of piperidine rings is 1. The number of nitro groups is 1. The van der Waals surface area contributed by atoms with Gasteiger partial charge in [-0.1, -0.05) is 12.1 Å². The Bertz CT molecular complexity index is 846. The zero-order chi connectivity index (χ0) is 19.7. The number of benzene rings is 1. The Morgan fingerprint density at radius 1 is 1.29 bits per heavy atom. The Balaban J connectivity index is 1.60. The van der Waals surface area contributed by atoms with Crippen LogP contribution in [0.3, 0.4) is 0 Å². The molecule has 2 aliphatic heterocycles. The topological polar surface area (TPSA) is 101 Å². The number of likely N-dealkylation sites (N-methyl/N-ethyl adjacent to an activating group) is 1. The summed E-state index contributed by atoms with van der Waals surface area (Å²) in [7, 11) is 2.03. The molecule has 9 heteroatoms. The van der Waals surface area contributed by atoms with Crippen LogP contribution >= 0.6 is 0 Å². The smallest absolute Gasteiger partial charge is 0.293 e. The summed E-state index contributed by atoms with van der Waals surface area (Å²) in [4.78, 5) is 20.2. The molecule has 2 fully saturated rings. The van der Waals surface area contributed by atoms with Gasteiger partial charge in [-0.25, -0.2) is 0 Å². The average molecular weight is 386 g/mol. The number of nitrogens with one attached hydrogen (secondary N) is 1. The minimum atomic E-state index is -0.326. The minimum absolute atomic E-state index is 0.0378. The van der Waals surface area contributed by atoms with Crippen molar-refractivity contribution in [2.45, 2.75) is 25.8 Å². The molecule has 4 rings (SSSR count). The maximum Gasteiger partial charge on any atom is 0.293 e. The highest BCUT2D eigenvalue weighted by Crippen LogP contribution is 2.35. The summed E-state index contributed by atoms with van der Waals surface area (Å²) in [6.45, 7) is 6.49. The third kappa shape index (κ3) is 3.72. The maximum atomic E-state index is 11.7. The molecule has 0 spiro atoms. The number of anilines is 1. The van der Waals surface area contributed by atoms with Crippen LogP contribution in [0, 0.1) is 16.0 Å². The molecule has 1 aromatic carbocycles. The summed E-state index contributed by atoms with van der Waals surface area (Å²) in [5.74, 6) is 1.58. The van der Waals surface area contributed by atoms with Crippen LogP contribution in [0.25, 0.3) is 11.5 Å². The molecule has 1 N–H and O–H groups in total. The van der Waals surface area contributed by atoms with Crippen LogP contribution < -0.4 is 10.2 Å². The molecule has 3 heterocycles. The molecule has 0 amide bonds. The van der Waals surface area contributed by atoms with Gasteiger partial charge >= 0.3 is 0 Å². The lowest BCUT2D eigenvalue weighted by Crippen LogP contribution is -2.44. The van der Waals surface area contributed by atoms with Gasteiger partial charge in [-0.05, 0) is 37.9 Å². The lowest BCUT2D eigenvalue weighted by Gasteiger charge is -2.31. The van der Waals surface area contributed by atoms with E-state index < -0.39 is 0 Å². The van der Waals surface area contributed by atoms with Crippen LogP contribution in [0.2, 0.25) is 0 Å². The lowest BCUT2D eigenvalue weighted by molar-refractivity contribution is -0.384. The van der Waals surface area contributed by atoms with Gasteiger partial charge < -0.3 is 14.7 Å². The number of rotatable bonds is 4.